The highest BCUT2D eigenvalue weighted by Gasteiger charge is 2.27. The number of likely N-dealkylation sites (tertiary alicyclic amines) is 1. The molecule has 0 aliphatic carbocycles. The maximum Gasteiger partial charge on any atom is 0.222 e. The molecule has 0 radical (unpaired) electrons. The first-order valence-electron chi connectivity index (χ1n) is 10.5. The molecule has 30 heavy (non-hydrogen) atoms. The molecule has 0 N–H and O–H groups in total. The van der Waals surface area contributed by atoms with Crippen molar-refractivity contribution in [2.45, 2.75) is 38.5 Å². The number of hydrogen-bond acceptors (Lipinski definition) is 3. The SMILES string of the molecule is Cc1cccc(-c2nccnc2[C@@H]2CCCN(C(=O)CCc3ccc(F)cc3)C2)c1. The number of rotatable bonds is 5. The Hall–Kier alpha value is -3.08. The predicted molar refractivity (Wildman–Crippen MR) is 115 cm³/mol. The number of halogens is 1. The summed E-state index contributed by atoms with van der Waals surface area (Å²) in [5.74, 6) is 0.0695. The highest BCUT2D eigenvalue weighted by atomic mass is 19.1. The fourth-order valence-electron chi connectivity index (χ4n) is 4.15. The molecule has 0 spiro atoms. The molecule has 4 rings (SSSR count). The summed E-state index contributed by atoms with van der Waals surface area (Å²) in [6.45, 7) is 3.51. The Balaban J connectivity index is 1.46. The molecule has 1 atom stereocenters. The summed E-state index contributed by atoms with van der Waals surface area (Å²) in [5, 5.41) is 0. The lowest BCUT2D eigenvalue weighted by Gasteiger charge is -2.33. The van der Waals surface area contributed by atoms with E-state index in [-0.39, 0.29) is 17.6 Å². The highest BCUT2D eigenvalue weighted by Crippen LogP contribution is 2.32. The van der Waals surface area contributed by atoms with Crippen molar-refractivity contribution in [3.05, 3.63) is 83.6 Å². The molecule has 1 saturated heterocycles. The molecule has 0 saturated carbocycles. The Morgan fingerprint density at radius 2 is 1.93 bits per heavy atom. The number of aromatic nitrogens is 2. The number of hydrogen-bond donors (Lipinski definition) is 0. The van der Waals surface area contributed by atoms with Crippen LogP contribution in [-0.2, 0) is 11.2 Å². The molecule has 2 heterocycles. The predicted octanol–water partition coefficient (Wildman–Crippen LogP) is 4.93. The maximum absolute atomic E-state index is 13.1. The molecular formula is C25H26FN3O. The Kier molecular flexibility index (Phi) is 6.17. The van der Waals surface area contributed by atoms with Gasteiger partial charge >= 0.3 is 0 Å². The van der Waals surface area contributed by atoms with Crippen LogP contribution in [0.15, 0.2) is 60.9 Å². The second-order valence-electron chi connectivity index (χ2n) is 7.97. The minimum atomic E-state index is -0.252. The highest BCUT2D eigenvalue weighted by molar-refractivity contribution is 5.76. The van der Waals surface area contributed by atoms with E-state index < -0.39 is 0 Å². The van der Waals surface area contributed by atoms with Gasteiger partial charge in [-0.05, 0) is 49.9 Å². The van der Waals surface area contributed by atoms with Crippen molar-refractivity contribution in [2.75, 3.05) is 13.1 Å². The van der Waals surface area contributed by atoms with Crippen molar-refractivity contribution in [2.24, 2.45) is 0 Å². The topological polar surface area (TPSA) is 46.1 Å². The number of benzene rings is 2. The van der Waals surface area contributed by atoms with Crippen LogP contribution in [0, 0.1) is 12.7 Å². The number of amides is 1. The van der Waals surface area contributed by atoms with Crippen LogP contribution in [0.25, 0.3) is 11.3 Å². The van der Waals surface area contributed by atoms with Gasteiger partial charge in [0.15, 0.2) is 0 Å². The fourth-order valence-corrected chi connectivity index (χ4v) is 4.15. The molecule has 0 unspecified atom stereocenters. The zero-order chi connectivity index (χ0) is 20.9. The summed E-state index contributed by atoms with van der Waals surface area (Å²) in [4.78, 5) is 24.1. The second kappa shape index (κ2) is 9.16. The zero-order valence-corrected chi connectivity index (χ0v) is 17.2. The van der Waals surface area contributed by atoms with Gasteiger partial charge in [-0.1, -0.05) is 35.9 Å². The number of carbonyl (C=O) groups is 1. The molecule has 1 aromatic heterocycles. The molecule has 4 nitrogen and oxygen atoms in total. The fraction of sp³-hybridized carbons (Fsp3) is 0.320. The quantitative estimate of drug-likeness (QED) is 0.607. The van der Waals surface area contributed by atoms with Crippen LogP contribution in [-0.4, -0.2) is 33.9 Å². The smallest absolute Gasteiger partial charge is 0.222 e. The van der Waals surface area contributed by atoms with Crippen molar-refractivity contribution in [1.82, 2.24) is 14.9 Å². The first kappa shape index (κ1) is 20.2. The van der Waals surface area contributed by atoms with E-state index in [1.54, 1.807) is 24.5 Å². The second-order valence-corrected chi connectivity index (χ2v) is 7.97. The zero-order valence-electron chi connectivity index (χ0n) is 17.2. The number of carbonyl (C=O) groups excluding carboxylic acids is 1. The van der Waals surface area contributed by atoms with Crippen LogP contribution in [0.5, 0.6) is 0 Å². The average Bonchev–Trinajstić information content (AvgIpc) is 2.78. The first-order chi connectivity index (χ1) is 14.6. The Bertz CT molecular complexity index is 1020. The third-order valence-electron chi connectivity index (χ3n) is 5.72. The monoisotopic (exact) mass is 403 g/mol. The van der Waals surface area contributed by atoms with Crippen molar-refractivity contribution in [1.29, 1.82) is 0 Å². The van der Waals surface area contributed by atoms with Crippen LogP contribution in [0.3, 0.4) is 0 Å². The minimum Gasteiger partial charge on any atom is -0.342 e. The Morgan fingerprint density at radius 3 is 2.73 bits per heavy atom. The molecule has 0 bridgehead atoms. The van der Waals surface area contributed by atoms with Gasteiger partial charge in [-0.3, -0.25) is 14.8 Å². The number of nitrogens with zero attached hydrogens (tertiary/aromatic N) is 3. The lowest BCUT2D eigenvalue weighted by molar-refractivity contribution is -0.132. The van der Waals surface area contributed by atoms with Gasteiger partial charge in [0.05, 0.1) is 11.4 Å². The molecule has 5 heteroatoms. The van der Waals surface area contributed by atoms with Gasteiger partial charge in [0.2, 0.25) is 5.91 Å². The van der Waals surface area contributed by atoms with Crippen LogP contribution in [0.4, 0.5) is 4.39 Å². The van der Waals surface area contributed by atoms with E-state index in [4.69, 9.17) is 0 Å². The summed E-state index contributed by atoms with van der Waals surface area (Å²) < 4.78 is 13.1. The van der Waals surface area contributed by atoms with Gasteiger partial charge in [0, 0.05) is 43.4 Å². The third-order valence-corrected chi connectivity index (χ3v) is 5.72. The van der Waals surface area contributed by atoms with Crippen LogP contribution in [0.2, 0.25) is 0 Å². The average molecular weight is 404 g/mol. The van der Waals surface area contributed by atoms with Crippen molar-refractivity contribution < 1.29 is 9.18 Å². The van der Waals surface area contributed by atoms with E-state index >= 15 is 0 Å². The van der Waals surface area contributed by atoms with Crippen molar-refractivity contribution in [3.8, 4) is 11.3 Å². The molecule has 2 aromatic carbocycles. The van der Waals surface area contributed by atoms with Gasteiger partial charge in [-0.15, -0.1) is 0 Å². The molecule has 3 aromatic rings. The normalized spacial score (nSPS) is 16.5. The van der Waals surface area contributed by atoms with E-state index in [1.807, 2.05) is 11.0 Å². The largest absolute Gasteiger partial charge is 0.342 e. The number of aryl methyl sites for hydroxylation is 2. The van der Waals surface area contributed by atoms with Crippen LogP contribution >= 0.6 is 0 Å². The lowest BCUT2D eigenvalue weighted by atomic mass is 9.91. The summed E-state index contributed by atoms with van der Waals surface area (Å²) >= 11 is 0. The minimum absolute atomic E-state index is 0.144. The number of piperidine rings is 1. The van der Waals surface area contributed by atoms with E-state index in [1.165, 1.54) is 17.7 Å². The summed E-state index contributed by atoms with van der Waals surface area (Å²) in [7, 11) is 0. The Labute approximate surface area is 176 Å². The molecule has 1 aliphatic rings. The molecule has 1 aliphatic heterocycles. The standard InChI is InChI=1S/C25H26FN3O/c1-18-4-2-5-20(16-18)24-25(28-14-13-27-24)21-6-3-15-29(17-21)23(30)12-9-19-7-10-22(26)11-8-19/h2,4-5,7-8,10-11,13-14,16,21H,3,6,9,12,15,17H2,1H3/t21-/m1/s1. The summed E-state index contributed by atoms with van der Waals surface area (Å²) in [6.07, 6.45) is 6.49. The van der Waals surface area contributed by atoms with Crippen molar-refractivity contribution in [3.63, 3.8) is 0 Å². The van der Waals surface area contributed by atoms with Crippen LogP contribution in [0.1, 0.15) is 42.0 Å². The van der Waals surface area contributed by atoms with E-state index in [2.05, 4.69) is 35.1 Å². The van der Waals surface area contributed by atoms with E-state index in [0.29, 0.717) is 19.4 Å². The molecule has 1 fully saturated rings. The maximum atomic E-state index is 13.1. The van der Waals surface area contributed by atoms with Gasteiger partial charge in [-0.25, -0.2) is 4.39 Å². The lowest BCUT2D eigenvalue weighted by Crippen LogP contribution is -2.39. The van der Waals surface area contributed by atoms with Crippen molar-refractivity contribution >= 4 is 5.91 Å². The van der Waals surface area contributed by atoms with Gasteiger partial charge in [0.25, 0.3) is 0 Å². The Morgan fingerprint density at radius 1 is 1.13 bits per heavy atom. The van der Waals surface area contributed by atoms with Gasteiger partial charge < -0.3 is 4.90 Å². The summed E-state index contributed by atoms with van der Waals surface area (Å²) in [6, 6.07) is 14.7. The summed E-state index contributed by atoms with van der Waals surface area (Å²) in [5.41, 5.74) is 5.11. The third kappa shape index (κ3) is 4.73. The van der Waals surface area contributed by atoms with E-state index in [9.17, 15) is 9.18 Å². The van der Waals surface area contributed by atoms with Crippen LogP contribution < -0.4 is 0 Å². The van der Waals surface area contributed by atoms with E-state index in [0.717, 1.165) is 41.9 Å². The molecule has 1 amide bonds. The molecular weight excluding hydrogens is 377 g/mol. The van der Waals surface area contributed by atoms with Gasteiger partial charge in [0.1, 0.15) is 5.82 Å². The molecule has 154 valence electrons. The van der Waals surface area contributed by atoms with Gasteiger partial charge in [-0.2, -0.15) is 0 Å². The first-order valence-corrected chi connectivity index (χ1v) is 10.5.